The number of carbonyl (C=O) groups is 2. The second-order valence-electron chi connectivity index (χ2n) is 14.0. The van der Waals surface area contributed by atoms with Gasteiger partial charge in [-0.15, -0.1) is 5.10 Å². The van der Waals surface area contributed by atoms with Crippen LogP contribution in [0.15, 0.2) is 48.7 Å². The van der Waals surface area contributed by atoms with Crippen molar-refractivity contribution in [2.45, 2.75) is 93.9 Å². The maximum Gasteiger partial charge on any atom is 0.264 e. The molecule has 9 atom stereocenters. The lowest BCUT2D eigenvalue weighted by atomic mass is 9.82. The van der Waals surface area contributed by atoms with Crippen molar-refractivity contribution in [2.24, 2.45) is 5.92 Å². The Hall–Kier alpha value is -3.78. The topological polar surface area (TPSA) is 229 Å². The highest BCUT2D eigenvalue weighted by molar-refractivity contribution is 6.71. The largest absolute Gasteiger partial charge is 0.497 e. The Kier molecular flexibility index (Phi) is 10.4. The lowest BCUT2D eigenvalue weighted by molar-refractivity contribution is -0.274. The number of aliphatic hydroxyl groups excluding tert-OH is 5. The van der Waals surface area contributed by atoms with Gasteiger partial charge in [-0.25, -0.2) is 0 Å². The van der Waals surface area contributed by atoms with E-state index in [4.69, 9.17) is 14.2 Å². The van der Waals surface area contributed by atoms with Crippen LogP contribution in [-0.4, -0.2) is 116 Å². The standard InChI is InChI=1S/C34H45N5O11Si/c1-18-30(51(3,4)47)25(11-13-38-17-21(12-14-40)36-37-38)50-34(18)23-15-22(48-2)9-10-24(23)39(33(34)46)16-19-5-7-20(8-6-19)35-31(44)29-27(42)26(41)28(43)32(45)49-29/h5-10,15,17-18,25-30,32,40-43,45,47H,11-14,16H2,1-4H3,(H,35,44)/t18-,25+,26+,27+,28-,29+,30-,32-,34+/m1/s1. The van der Waals surface area contributed by atoms with Gasteiger partial charge in [0.25, 0.3) is 11.8 Å². The van der Waals surface area contributed by atoms with Crippen LogP contribution < -0.4 is 15.0 Å². The van der Waals surface area contributed by atoms with Gasteiger partial charge in [0.2, 0.25) is 0 Å². The predicted molar refractivity (Wildman–Crippen MR) is 183 cm³/mol. The van der Waals surface area contributed by atoms with Crippen molar-refractivity contribution in [3.63, 3.8) is 0 Å². The Morgan fingerprint density at radius 3 is 2.47 bits per heavy atom. The summed E-state index contributed by atoms with van der Waals surface area (Å²) in [7, 11) is -1.36. The van der Waals surface area contributed by atoms with Gasteiger partial charge < -0.3 is 54.8 Å². The number of benzene rings is 2. The normalized spacial score (nSPS) is 30.5. The van der Waals surface area contributed by atoms with Crippen LogP contribution >= 0.6 is 0 Å². The van der Waals surface area contributed by atoms with Crippen LogP contribution in [0.1, 0.15) is 30.2 Å². The van der Waals surface area contributed by atoms with Crippen LogP contribution in [0.4, 0.5) is 11.4 Å². The molecule has 7 N–H and O–H groups in total. The fraction of sp³-hybridized carbons (Fsp3) is 0.529. The highest BCUT2D eigenvalue weighted by atomic mass is 28.4. The van der Waals surface area contributed by atoms with Gasteiger partial charge in [0.1, 0.15) is 24.1 Å². The molecule has 2 saturated heterocycles. The zero-order valence-corrected chi connectivity index (χ0v) is 29.8. The van der Waals surface area contributed by atoms with E-state index in [1.54, 1.807) is 53.2 Å². The highest BCUT2D eigenvalue weighted by Gasteiger charge is 2.66. The van der Waals surface area contributed by atoms with Crippen molar-refractivity contribution in [3.05, 3.63) is 65.5 Å². The van der Waals surface area contributed by atoms with Crippen molar-refractivity contribution in [1.29, 1.82) is 0 Å². The molecule has 16 nitrogen and oxygen atoms in total. The molecule has 0 saturated carbocycles. The van der Waals surface area contributed by atoms with Gasteiger partial charge in [-0.05, 0) is 55.4 Å². The van der Waals surface area contributed by atoms with Crippen molar-refractivity contribution in [2.75, 3.05) is 23.9 Å². The molecule has 6 rings (SSSR count). The molecule has 0 bridgehead atoms. The number of carbonyl (C=O) groups excluding carboxylic acids is 2. The minimum absolute atomic E-state index is 0.0378. The molecule has 2 amide bonds. The SMILES string of the molecule is COc1ccc2c(c1)[C@]1(O[C@@H](CCn3cc(CCO)nn3)[C@H]([Si](C)(C)O)[C@H]1C)C(=O)N2Cc1ccc(NC(=O)[C@H]2O[C@@H](O)[C@H](O)[C@@H](O)[C@@H]2O)cc1. The molecule has 0 aliphatic carbocycles. The van der Waals surface area contributed by atoms with Crippen LogP contribution in [0.3, 0.4) is 0 Å². The molecule has 3 aliphatic heterocycles. The fourth-order valence-corrected chi connectivity index (χ4v) is 10.3. The van der Waals surface area contributed by atoms with E-state index < -0.39 is 62.6 Å². The third kappa shape index (κ3) is 6.81. The number of nitrogens with zero attached hydrogens (tertiary/aromatic N) is 4. The molecule has 17 heteroatoms. The Morgan fingerprint density at radius 2 is 1.80 bits per heavy atom. The van der Waals surface area contributed by atoms with Gasteiger partial charge in [0, 0.05) is 48.5 Å². The molecule has 4 heterocycles. The molecule has 0 unspecified atom stereocenters. The first-order valence-electron chi connectivity index (χ1n) is 16.9. The Balaban J connectivity index is 1.24. The third-order valence-electron chi connectivity index (χ3n) is 10.2. The third-order valence-corrected chi connectivity index (χ3v) is 12.7. The van der Waals surface area contributed by atoms with E-state index in [-0.39, 0.29) is 24.6 Å². The van der Waals surface area contributed by atoms with E-state index in [2.05, 4.69) is 15.6 Å². The fourth-order valence-electron chi connectivity index (χ4n) is 7.71. The van der Waals surface area contributed by atoms with Gasteiger partial charge in [-0.1, -0.05) is 24.3 Å². The number of rotatable bonds is 11. The lowest BCUT2D eigenvalue weighted by Gasteiger charge is -2.37. The van der Waals surface area contributed by atoms with Gasteiger partial charge in [-0.3, -0.25) is 14.3 Å². The Morgan fingerprint density at radius 1 is 1.08 bits per heavy atom. The average Bonchev–Trinajstić information content (AvgIpc) is 3.74. The highest BCUT2D eigenvalue weighted by Crippen LogP contribution is 2.60. The monoisotopic (exact) mass is 727 g/mol. The maximum absolute atomic E-state index is 14.8. The number of fused-ring (bicyclic) bond motifs is 2. The van der Waals surface area contributed by atoms with E-state index in [1.165, 1.54) is 0 Å². The summed E-state index contributed by atoms with van der Waals surface area (Å²) in [6.07, 6.45) is -6.63. The summed E-state index contributed by atoms with van der Waals surface area (Å²) in [5.41, 5.74) is 1.32. The average molecular weight is 728 g/mol. The number of methoxy groups -OCH3 is 1. The van der Waals surface area contributed by atoms with Crippen LogP contribution in [0, 0.1) is 5.92 Å². The first kappa shape index (κ1) is 37.0. The first-order chi connectivity index (χ1) is 24.2. The molecule has 1 spiro atoms. The number of aromatic nitrogens is 3. The predicted octanol–water partition coefficient (Wildman–Crippen LogP) is -0.00520. The number of anilines is 2. The number of aryl methyl sites for hydroxylation is 1. The van der Waals surface area contributed by atoms with Gasteiger partial charge in [0.15, 0.2) is 26.3 Å². The number of nitrogens with one attached hydrogen (secondary N) is 1. The summed E-state index contributed by atoms with van der Waals surface area (Å²) in [6.45, 7) is 6.23. The molecule has 3 aliphatic rings. The van der Waals surface area contributed by atoms with Crippen LogP contribution in [0.5, 0.6) is 5.75 Å². The molecule has 276 valence electrons. The smallest absolute Gasteiger partial charge is 0.264 e. The lowest BCUT2D eigenvalue weighted by Crippen LogP contribution is -2.60. The molecular weight excluding hydrogens is 682 g/mol. The number of hydrogen-bond donors (Lipinski definition) is 7. The molecule has 1 aromatic heterocycles. The summed E-state index contributed by atoms with van der Waals surface area (Å²) >= 11 is 0. The first-order valence-corrected chi connectivity index (χ1v) is 19.9. The summed E-state index contributed by atoms with van der Waals surface area (Å²) in [5.74, 6) is -0.942. The summed E-state index contributed by atoms with van der Waals surface area (Å²) in [4.78, 5) is 40.8. The van der Waals surface area contributed by atoms with Crippen LogP contribution in [-0.2, 0) is 44.2 Å². The Labute approximate surface area is 295 Å². The molecule has 2 aromatic carbocycles. The molecular formula is C34H45N5O11Si. The second-order valence-corrected chi connectivity index (χ2v) is 17.9. The zero-order chi connectivity index (χ0) is 36.8. The van der Waals surface area contributed by atoms with Gasteiger partial charge in [0.05, 0.1) is 31.1 Å². The molecule has 51 heavy (non-hydrogen) atoms. The van der Waals surface area contributed by atoms with Crippen molar-refractivity contribution >= 4 is 31.5 Å². The minimum atomic E-state index is -2.91. The van der Waals surface area contributed by atoms with E-state index >= 15 is 0 Å². The maximum atomic E-state index is 14.8. The summed E-state index contributed by atoms with van der Waals surface area (Å²) < 4.78 is 19.2. The van der Waals surface area contributed by atoms with Crippen molar-refractivity contribution in [3.8, 4) is 5.75 Å². The number of ether oxygens (including phenoxy) is 3. The van der Waals surface area contributed by atoms with Crippen LogP contribution in [0.2, 0.25) is 18.6 Å². The number of amides is 2. The quantitative estimate of drug-likeness (QED) is 0.129. The van der Waals surface area contributed by atoms with E-state index in [0.717, 1.165) is 5.56 Å². The summed E-state index contributed by atoms with van der Waals surface area (Å²) in [6, 6.07) is 12.1. The van der Waals surface area contributed by atoms with Crippen LogP contribution in [0.25, 0.3) is 0 Å². The molecule has 2 fully saturated rings. The van der Waals surface area contributed by atoms with Gasteiger partial charge in [-0.2, -0.15) is 0 Å². The molecule has 0 radical (unpaired) electrons. The summed E-state index contributed by atoms with van der Waals surface area (Å²) in [5, 5.41) is 59.8. The van der Waals surface area contributed by atoms with Crippen molar-refractivity contribution < 1.29 is 54.1 Å². The number of hydrogen-bond acceptors (Lipinski definition) is 13. The van der Waals surface area contributed by atoms with E-state index in [0.29, 0.717) is 47.8 Å². The Bertz CT molecular complexity index is 1740. The van der Waals surface area contributed by atoms with Crippen molar-refractivity contribution in [1.82, 2.24) is 15.0 Å². The minimum Gasteiger partial charge on any atom is -0.497 e. The molecule has 3 aromatic rings. The van der Waals surface area contributed by atoms with Gasteiger partial charge >= 0.3 is 0 Å². The zero-order valence-electron chi connectivity index (χ0n) is 28.8. The van der Waals surface area contributed by atoms with E-state index in [9.17, 15) is 39.9 Å². The second kappa shape index (κ2) is 14.3. The number of aliphatic hydroxyl groups is 5. The van der Waals surface area contributed by atoms with E-state index in [1.807, 2.05) is 32.2 Å².